The zero-order valence-electron chi connectivity index (χ0n) is 7.84. The molecule has 0 rings (SSSR count). The maximum Gasteiger partial charge on any atom is 0.335 e. The van der Waals surface area contributed by atoms with Gasteiger partial charge in [-0.3, -0.25) is 0 Å². The van der Waals surface area contributed by atoms with E-state index in [4.69, 9.17) is 5.11 Å². The van der Waals surface area contributed by atoms with Gasteiger partial charge in [0.2, 0.25) is 0 Å². The lowest BCUT2D eigenvalue weighted by Crippen LogP contribution is -2.34. The Kier molecular flexibility index (Phi) is 4.90. The number of unbranched alkanes of at least 4 members (excludes halogenated alkanes) is 3. The second kappa shape index (κ2) is 5.14. The minimum absolute atomic E-state index is 0.350. The molecular weight excluding hydrogens is 156 g/mol. The number of rotatable bonds is 6. The summed E-state index contributed by atoms with van der Waals surface area (Å²) >= 11 is 0. The Morgan fingerprint density at radius 2 is 1.92 bits per heavy atom. The highest BCUT2D eigenvalue weighted by molar-refractivity contribution is 5.76. The lowest BCUT2D eigenvalue weighted by molar-refractivity contribution is -0.157. The van der Waals surface area contributed by atoms with Crippen molar-refractivity contribution in [1.82, 2.24) is 0 Å². The minimum atomic E-state index is -1.53. The van der Waals surface area contributed by atoms with Crippen LogP contribution in [0.4, 0.5) is 0 Å². The molecule has 0 aromatic heterocycles. The molecule has 0 aromatic rings. The number of aliphatic hydroxyl groups is 1. The predicted molar refractivity (Wildman–Crippen MR) is 47.0 cm³/mol. The molecule has 12 heavy (non-hydrogen) atoms. The SMILES string of the molecule is CCCCCC[C@](C)(O)C(=O)O. The molecule has 0 amide bonds. The van der Waals surface area contributed by atoms with Gasteiger partial charge in [-0.2, -0.15) is 0 Å². The number of carboxylic acid groups (broad SMARTS) is 1. The third kappa shape index (κ3) is 4.34. The van der Waals surface area contributed by atoms with Gasteiger partial charge in [0.25, 0.3) is 0 Å². The first kappa shape index (κ1) is 11.4. The molecule has 1 atom stereocenters. The summed E-state index contributed by atoms with van der Waals surface area (Å²) in [6.45, 7) is 3.44. The quantitative estimate of drug-likeness (QED) is 0.603. The first-order valence-electron chi connectivity index (χ1n) is 4.46. The van der Waals surface area contributed by atoms with E-state index in [0.717, 1.165) is 25.7 Å². The first-order chi connectivity index (χ1) is 5.50. The van der Waals surface area contributed by atoms with Crippen molar-refractivity contribution in [3.8, 4) is 0 Å². The van der Waals surface area contributed by atoms with E-state index in [0.29, 0.717) is 6.42 Å². The average Bonchev–Trinajstić information content (AvgIpc) is 1.98. The molecule has 72 valence electrons. The lowest BCUT2D eigenvalue weighted by Gasteiger charge is -2.16. The minimum Gasteiger partial charge on any atom is -0.479 e. The van der Waals surface area contributed by atoms with Crippen LogP contribution in [0, 0.1) is 0 Å². The Bertz CT molecular complexity index is 141. The largest absolute Gasteiger partial charge is 0.479 e. The molecule has 3 nitrogen and oxygen atoms in total. The fourth-order valence-electron chi connectivity index (χ4n) is 1.00. The van der Waals surface area contributed by atoms with Gasteiger partial charge < -0.3 is 10.2 Å². The monoisotopic (exact) mass is 174 g/mol. The van der Waals surface area contributed by atoms with Crippen LogP contribution in [0.15, 0.2) is 0 Å². The molecule has 0 saturated carbocycles. The van der Waals surface area contributed by atoms with Gasteiger partial charge in [0.1, 0.15) is 0 Å². The topological polar surface area (TPSA) is 57.5 Å². The summed E-state index contributed by atoms with van der Waals surface area (Å²) in [5.41, 5.74) is -1.53. The zero-order chi connectivity index (χ0) is 9.61. The van der Waals surface area contributed by atoms with Crippen LogP contribution in [0.1, 0.15) is 46.0 Å². The van der Waals surface area contributed by atoms with Crippen molar-refractivity contribution in [2.24, 2.45) is 0 Å². The fraction of sp³-hybridized carbons (Fsp3) is 0.889. The Labute approximate surface area is 73.4 Å². The highest BCUT2D eigenvalue weighted by atomic mass is 16.4. The molecular formula is C9H18O3. The third-order valence-corrected chi connectivity index (χ3v) is 1.98. The molecule has 0 saturated heterocycles. The average molecular weight is 174 g/mol. The molecule has 0 heterocycles. The molecule has 0 unspecified atom stereocenters. The molecule has 0 aliphatic carbocycles. The van der Waals surface area contributed by atoms with Gasteiger partial charge in [0, 0.05) is 0 Å². The van der Waals surface area contributed by atoms with E-state index in [1.54, 1.807) is 0 Å². The molecule has 0 aromatic carbocycles. The van der Waals surface area contributed by atoms with Crippen LogP contribution in [0.3, 0.4) is 0 Å². The van der Waals surface area contributed by atoms with Gasteiger partial charge in [-0.1, -0.05) is 26.2 Å². The maximum atomic E-state index is 10.4. The molecule has 0 bridgehead atoms. The molecule has 0 aliphatic heterocycles. The first-order valence-corrected chi connectivity index (χ1v) is 4.46. The summed E-state index contributed by atoms with van der Waals surface area (Å²) in [5.74, 6) is -1.13. The highest BCUT2D eigenvalue weighted by Gasteiger charge is 2.28. The van der Waals surface area contributed by atoms with Crippen molar-refractivity contribution in [2.45, 2.75) is 51.6 Å². The van der Waals surface area contributed by atoms with Crippen LogP contribution in [-0.4, -0.2) is 21.8 Å². The summed E-state index contributed by atoms with van der Waals surface area (Å²) in [4.78, 5) is 10.4. The number of carboxylic acids is 1. The number of hydrogen-bond donors (Lipinski definition) is 2. The van der Waals surface area contributed by atoms with Gasteiger partial charge in [0.15, 0.2) is 5.60 Å². The van der Waals surface area contributed by atoms with Gasteiger partial charge in [-0.15, -0.1) is 0 Å². The summed E-state index contributed by atoms with van der Waals surface area (Å²) in [6.07, 6.45) is 4.36. The molecule has 2 N–H and O–H groups in total. The van der Waals surface area contributed by atoms with E-state index in [1.807, 2.05) is 0 Å². The van der Waals surface area contributed by atoms with Crippen LogP contribution in [0.5, 0.6) is 0 Å². The Balaban J connectivity index is 3.54. The van der Waals surface area contributed by atoms with E-state index in [9.17, 15) is 9.90 Å². The van der Waals surface area contributed by atoms with Crippen LogP contribution < -0.4 is 0 Å². The maximum absolute atomic E-state index is 10.4. The number of carbonyl (C=O) groups is 1. The summed E-state index contributed by atoms with van der Waals surface area (Å²) in [7, 11) is 0. The van der Waals surface area contributed by atoms with E-state index >= 15 is 0 Å². The standard InChI is InChI=1S/C9H18O3/c1-3-4-5-6-7-9(2,12)8(10)11/h12H,3-7H2,1-2H3,(H,10,11)/t9-/m0/s1. The van der Waals surface area contributed by atoms with Gasteiger partial charge in [-0.05, 0) is 19.8 Å². The van der Waals surface area contributed by atoms with Gasteiger partial charge >= 0.3 is 5.97 Å². The van der Waals surface area contributed by atoms with Crippen molar-refractivity contribution in [3.63, 3.8) is 0 Å². The van der Waals surface area contributed by atoms with Crippen molar-refractivity contribution < 1.29 is 15.0 Å². The van der Waals surface area contributed by atoms with E-state index in [2.05, 4.69) is 6.92 Å². The van der Waals surface area contributed by atoms with Crippen molar-refractivity contribution >= 4 is 5.97 Å². The number of hydrogen-bond acceptors (Lipinski definition) is 2. The second-order valence-corrected chi connectivity index (χ2v) is 3.39. The second-order valence-electron chi connectivity index (χ2n) is 3.39. The van der Waals surface area contributed by atoms with E-state index in [-0.39, 0.29) is 0 Å². The zero-order valence-corrected chi connectivity index (χ0v) is 7.84. The molecule has 0 radical (unpaired) electrons. The smallest absolute Gasteiger partial charge is 0.335 e. The molecule has 0 aliphatic rings. The van der Waals surface area contributed by atoms with Crippen LogP contribution in [0.2, 0.25) is 0 Å². The van der Waals surface area contributed by atoms with E-state index < -0.39 is 11.6 Å². The van der Waals surface area contributed by atoms with Crippen molar-refractivity contribution in [1.29, 1.82) is 0 Å². The Morgan fingerprint density at radius 3 is 2.33 bits per heavy atom. The van der Waals surface area contributed by atoms with Crippen LogP contribution in [0.25, 0.3) is 0 Å². The van der Waals surface area contributed by atoms with Gasteiger partial charge in [0.05, 0.1) is 0 Å². The summed E-state index contributed by atoms with van der Waals surface area (Å²) in [6, 6.07) is 0. The lowest BCUT2D eigenvalue weighted by atomic mass is 9.98. The third-order valence-electron chi connectivity index (χ3n) is 1.98. The van der Waals surface area contributed by atoms with Crippen molar-refractivity contribution in [2.75, 3.05) is 0 Å². The fourth-order valence-corrected chi connectivity index (χ4v) is 1.00. The Morgan fingerprint density at radius 1 is 1.33 bits per heavy atom. The summed E-state index contributed by atoms with van der Waals surface area (Å²) < 4.78 is 0. The highest BCUT2D eigenvalue weighted by Crippen LogP contribution is 2.14. The van der Waals surface area contributed by atoms with Gasteiger partial charge in [-0.25, -0.2) is 4.79 Å². The van der Waals surface area contributed by atoms with E-state index in [1.165, 1.54) is 6.92 Å². The number of aliphatic carboxylic acids is 1. The predicted octanol–water partition coefficient (Wildman–Crippen LogP) is 1.79. The molecule has 3 heteroatoms. The van der Waals surface area contributed by atoms with Crippen molar-refractivity contribution in [3.05, 3.63) is 0 Å². The van der Waals surface area contributed by atoms with Crippen LogP contribution in [-0.2, 0) is 4.79 Å². The Hall–Kier alpha value is -0.570. The normalized spacial score (nSPS) is 15.6. The molecule has 0 spiro atoms. The molecule has 0 fully saturated rings. The summed E-state index contributed by atoms with van der Waals surface area (Å²) in [5, 5.41) is 17.8. The van der Waals surface area contributed by atoms with Crippen LogP contribution >= 0.6 is 0 Å².